The Hall–Kier alpha value is -1.08. The summed E-state index contributed by atoms with van der Waals surface area (Å²) in [4.78, 5) is 10.6. The Morgan fingerprint density at radius 3 is 2.20 bits per heavy atom. The standard InChI is InChI=1S/C13H15ClO/c1-8-5-10(3)12(6-9(8)2)13(14)11(4)7-15/h5-7H,1-4H3/b13-11-. The molecule has 1 aromatic carbocycles. The molecule has 0 saturated heterocycles. The summed E-state index contributed by atoms with van der Waals surface area (Å²) in [6, 6.07) is 4.12. The first-order valence-electron chi connectivity index (χ1n) is 4.87. The Labute approximate surface area is 95.8 Å². The van der Waals surface area contributed by atoms with E-state index in [0.717, 1.165) is 17.4 Å². The minimum atomic E-state index is 0.547. The highest BCUT2D eigenvalue weighted by Crippen LogP contribution is 2.27. The number of carbonyl (C=O) groups excluding carboxylic acids is 1. The van der Waals surface area contributed by atoms with Crippen molar-refractivity contribution in [3.8, 4) is 0 Å². The van der Waals surface area contributed by atoms with Crippen molar-refractivity contribution in [2.45, 2.75) is 27.7 Å². The quantitative estimate of drug-likeness (QED) is 0.550. The maximum atomic E-state index is 10.6. The van der Waals surface area contributed by atoms with Crippen molar-refractivity contribution < 1.29 is 4.79 Å². The molecule has 80 valence electrons. The van der Waals surface area contributed by atoms with Gasteiger partial charge in [-0.3, -0.25) is 4.79 Å². The van der Waals surface area contributed by atoms with E-state index < -0.39 is 0 Å². The molecule has 0 heterocycles. The minimum absolute atomic E-state index is 0.547. The maximum absolute atomic E-state index is 10.6. The molecule has 0 aliphatic rings. The lowest BCUT2D eigenvalue weighted by Crippen LogP contribution is -1.92. The Balaban J connectivity index is 3.39. The van der Waals surface area contributed by atoms with Gasteiger partial charge in [-0.05, 0) is 49.9 Å². The average molecular weight is 223 g/mol. The summed E-state index contributed by atoms with van der Waals surface area (Å²) in [5.41, 5.74) is 5.05. The predicted octanol–water partition coefficient (Wildman–Crippen LogP) is 3.78. The lowest BCUT2D eigenvalue weighted by molar-refractivity contribution is -0.104. The van der Waals surface area contributed by atoms with Gasteiger partial charge in [0.2, 0.25) is 0 Å². The molecule has 0 saturated carbocycles. The zero-order valence-electron chi connectivity index (χ0n) is 9.52. The van der Waals surface area contributed by atoms with Crippen LogP contribution in [0.3, 0.4) is 0 Å². The van der Waals surface area contributed by atoms with E-state index in [2.05, 4.69) is 13.0 Å². The molecule has 0 amide bonds. The molecule has 0 bridgehead atoms. The van der Waals surface area contributed by atoms with E-state index in [1.807, 2.05) is 19.9 Å². The molecule has 1 nitrogen and oxygen atoms in total. The maximum Gasteiger partial charge on any atom is 0.147 e. The van der Waals surface area contributed by atoms with Crippen LogP contribution in [0.15, 0.2) is 17.7 Å². The van der Waals surface area contributed by atoms with E-state index in [1.165, 1.54) is 11.1 Å². The topological polar surface area (TPSA) is 17.1 Å². The molecule has 0 aliphatic heterocycles. The number of aldehydes is 1. The van der Waals surface area contributed by atoms with Gasteiger partial charge in [0.1, 0.15) is 6.29 Å². The summed E-state index contributed by atoms with van der Waals surface area (Å²) in [5.74, 6) is 0. The molecular weight excluding hydrogens is 208 g/mol. The van der Waals surface area contributed by atoms with Gasteiger partial charge in [-0.25, -0.2) is 0 Å². The fraction of sp³-hybridized carbons (Fsp3) is 0.308. The molecule has 15 heavy (non-hydrogen) atoms. The SMILES string of the molecule is C/C(C=O)=C(/Cl)c1cc(C)c(C)cc1C. The van der Waals surface area contributed by atoms with Crippen LogP contribution in [-0.4, -0.2) is 6.29 Å². The third kappa shape index (κ3) is 2.48. The third-order valence-electron chi connectivity index (χ3n) is 2.60. The van der Waals surface area contributed by atoms with Crippen LogP contribution in [0.1, 0.15) is 29.2 Å². The number of halogens is 1. The molecule has 0 unspecified atom stereocenters. The van der Waals surface area contributed by atoms with Crippen LogP contribution in [0.2, 0.25) is 0 Å². The van der Waals surface area contributed by atoms with Gasteiger partial charge in [0, 0.05) is 5.57 Å². The lowest BCUT2D eigenvalue weighted by Gasteiger charge is -2.09. The van der Waals surface area contributed by atoms with Gasteiger partial charge >= 0.3 is 0 Å². The molecule has 0 radical (unpaired) electrons. The van der Waals surface area contributed by atoms with Gasteiger partial charge in [-0.2, -0.15) is 0 Å². The van der Waals surface area contributed by atoms with Crippen molar-refractivity contribution in [2.24, 2.45) is 0 Å². The Morgan fingerprint density at radius 1 is 1.13 bits per heavy atom. The first-order chi connectivity index (χ1) is 6.97. The molecule has 1 rings (SSSR count). The van der Waals surface area contributed by atoms with Crippen LogP contribution in [0.4, 0.5) is 0 Å². The molecule has 0 fully saturated rings. The smallest absolute Gasteiger partial charge is 0.147 e. The van der Waals surface area contributed by atoms with E-state index in [-0.39, 0.29) is 0 Å². The fourth-order valence-electron chi connectivity index (χ4n) is 1.46. The van der Waals surface area contributed by atoms with Crippen molar-refractivity contribution >= 4 is 22.9 Å². The summed E-state index contributed by atoms with van der Waals surface area (Å²) < 4.78 is 0. The Morgan fingerprint density at radius 2 is 1.67 bits per heavy atom. The molecule has 0 aromatic heterocycles. The second-order valence-corrected chi connectivity index (χ2v) is 4.24. The van der Waals surface area contributed by atoms with Crippen molar-refractivity contribution in [1.82, 2.24) is 0 Å². The summed E-state index contributed by atoms with van der Waals surface area (Å²) in [6.45, 7) is 7.83. The molecule has 1 aromatic rings. The Bertz CT molecular complexity index is 430. The highest BCUT2D eigenvalue weighted by atomic mass is 35.5. The highest BCUT2D eigenvalue weighted by Gasteiger charge is 2.07. The number of carbonyl (C=O) groups is 1. The Kier molecular flexibility index (Phi) is 3.70. The fourth-order valence-corrected chi connectivity index (χ4v) is 1.71. The molecule has 2 heteroatoms. The van der Waals surface area contributed by atoms with Gasteiger partial charge in [0.25, 0.3) is 0 Å². The van der Waals surface area contributed by atoms with Crippen molar-refractivity contribution in [2.75, 3.05) is 0 Å². The average Bonchev–Trinajstić information content (AvgIpc) is 2.21. The van der Waals surface area contributed by atoms with Crippen LogP contribution >= 0.6 is 11.6 Å². The molecular formula is C13H15ClO. The summed E-state index contributed by atoms with van der Waals surface area (Å²) >= 11 is 6.13. The normalized spacial score (nSPS) is 12.3. The number of aryl methyl sites for hydroxylation is 3. The highest BCUT2D eigenvalue weighted by molar-refractivity contribution is 6.50. The summed E-state index contributed by atoms with van der Waals surface area (Å²) in [7, 11) is 0. The monoisotopic (exact) mass is 222 g/mol. The van der Waals surface area contributed by atoms with Gasteiger partial charge in [-0.15, -0.1) is 0 Å². The van der Waals surface area contributed by atoms with Gasteiger partial charge in [0.15, 0.2) is 0 Å². The molecule has 0 spiro atoms. The molecule has 0 N–H and O–H groups in total. The number of hydrogen-bond donors (Lipinski definition) is 0. The molecule has 0 aliphatic carbocycles. The number of benzene rings is 1. The summed E-state index contributed by atoms with van der Waals surface area (Å²) in [5, 5.41) is 0.547. The molecule has 0 atom stereocenters. The minimum Gasteiger partial charge on any atom is -0.298 e. The number of hydrogen-bond acceptors (Lipinski definition) is 1. The zero-order chi connectivity index (χ0) is 11.6. The first kappa shape index (κ1) is 12.0. The van der Waals surface area contributed by atoms with Crippen molar-refractivity contribution in [1.29, 1.82) is 0 Å². The van der Waals surface area contributed by atoms with Crippen LogP contribution in [0.5, 0.6) is 0 Å². The van der Waals surface area contributed by atoms with Crippen molar-refractivity contribution in [3.05, 3.63) is 40.0 Å². The number of allylic oxidation sites excluding steroid dienone is 1. The van der Waals surface area contributed by atoms with Crippen molar-refractivity contribution in [3.63, 3.8) is 0 Å². The van der Waals surface area contributed by atoms with Crippen LogP contribution < -0.4 is 0 Å². The first-order valence-corrected chi connectivity index (χ1v) is 5.25. The van der Waals surface area contributed by atoms with Crippen LogP contribution in [0, 0.1) is 20.8 Å². The lowest BCUT2D eigenvalue weighted by atomic mass is 9.99. The second kappa shape index (κ2) is 4.63. The number of rotatable bonds is 2. The van der Waals surface area contributed by atoms with Gasteiger partial charge in [-0.1, -0.05) is 23.7 Å². The van der Waals surface area contributed by atoms with E-state index in [9.17, 15) is 4.79 Å². The summed E-state index contributed by atoms with van der Waals surface area (Å²) in [6.07, 6.45) is 0.789. The van der Waals surface area contributed by atoms with E-state index >= 15 is 0 Å². The van der Waals surface area contributed by atoms with E-state index in [4.69, 9.17) is 11.6 Å². The van der Waals surface area contributed by atoms with E-state index in [0.29, 0.717) is 10.6 Å². The van der Waals surface area contributed by atoms with Crippen LogP contribution in [-0.2, 0) is 4.79 Å². The zero-order valence-corrected chi connectivity index (χ0v) is 10.3. The van der Waals surface area contributed by atoms with Gasteiger partial charge < -0.3 is 0 Å². The largest absolute Gasteiger partial charge is 0.298 e. The van der Waals surface area contributed by atoms with E-state index in [1.54, 1.807) is 6.92 Å². The predicted molar refractivity (Wildman–Crippen MR) is 65.2 cm³/mol. The third-order valence-corrected chi connectivity index (χ3v) is 3.10. The van der Waals surface area contributed by atoms with Crippen LogP contribution in [0.25, 0.3) is 5.03 Å². The second-order valence-electron chi connectivity index (χ2n) is 3.87. The van der Waals surface area contributed by atoms with Gasteiger partial charge in [0.05, 0.1) is 5.03 Å².